The van der Waals surface area contributed by atoms with Crippen molar-refractivity contribution in [3.63, 3.8) is 0 Å². The van der Waals surface area contributed by atoms with E-state index in [2.05, 4.69) is 0 Å². The van der Waals surface area contributed by atoms with Gasteiger partial charge < -0.3 is 9.84 Å². The summed E-state index contributed by atoms with van der Waals surface area (Å²) in [7, 11) is 0. The zero-order valence-corrected chi connectivity index (χ0v) is 12.4. The number of aryl methyl sites for hydroxylation is 2. The lowest BCUT2D eigenvalue weighted by Gasteiger charge is -2.15. The molecule has 110 valence electrons. The summed E-state index contributed by atoms with van der Waals surface area (Å²) >= 11 is 0. The van der Waals surface area contributed by atoms with Crippen molar-refractivity contribution in [3.05, 3.63) is 70.8 Å². The van der Waals surface area contributed by atoms with Crippen LogP contribution in [0.1, 0.15) is 33.0 Å². The Morgan fingerprint density at radius 1 is 1.14 bits per heavy atom. The van der Waals surface area contributed by atoms with Crippen LogP contribution in [0.15, 0.2) is 48.5 Å². The number of ether oxygens (including phenoxy) is 1. The average molecular weight is 284 g/mol. The molecule has 1 unspecified atom stereocenters. The van der Waals surface area contributed by atoms with Crippen LogP contribution in [0.5, 0.6) is 0 Å². The van der Waals surface area contributed by atoms with Gasteiger partial charge in [-0.1, -0.05) is 48.0 Å². The molecule has 21 heavy (non-hydrogen) atoms. The first-order chi connectivity index (χ1) is 10.1. The van der Waals surface area contributed by atoms with E-state index in [1.807, 2.05) is 56.3 Å². The lowest BCUT2D eigenvalue weighted by atomic mass is 10.0. The molecule has 0 aromatic heterocycles. The van der Waals surface area contributed by atoms with Gasteiger partial charge in [0.25, 0.3) is 0 Å². The highest BCUT2D eigenvalue weighted by Gasteiger charge is 2.15. The second-order valence-corrected chi connectivity index (χ2v) is 5.21. The summed E-state index contributed by atoms with van der Waals surface area (Å²) in [6, 6.07) is 15.2. The number of hydrogen-bond donors (Lipinski definition) is 1. The summed E-state index contributed by atoms with van der Waals surface area (Å²) in [5, 5.41) is 9.46. The molecule has 2 rings (SSSR count). The second-order valence-electron chi connectivity index (χ2n) is 5.21. The Balaban J connectivity index is 2.03. The van der Waals surface area contributed by atoms with Gasteiger partial charge in [0.05, 0.1) is 12.2 Å². The summed E-state index contributed by atoms with van der Waals surface area (Å²) in [6.07, 6.45) is 0. The van der Waals surface area contributed by atoms with Crippen molar-refractivity contribution in [3.8, 4) is 0 Å². The van der Waals surface area contributed by atoms with Crippen molar-refractivity contribution in [2.45, 2.75) is 19.8 Å². The maximum atomic E-state index is 12.1. The van der Waals surface area contributed by atoms with Gasteiger partial charge in [-0.2, -0.15) is 0 Å². The molecule has 0 aliphatic carbocycles. The molecule has 2 aromatic carbocycles. The minimum Gasteiger partial charge on any atom is -0.461 e. The molecule has 0 aliphatic rings. The van der Waals surface area contributed by atoms with E-state index >= 15 is 0 Å². The van der Waals surface area contributed by atoms with Crippen LogP contribution in [-0.4, -0.2) is 24.3 Å². The molecule has 0 amide bonds. The molecule has 2 aromatic rings. The summed E-state index contributed by atoms with van der Waals surface area (Å²) in [5.74, 6) is -0.539. The van der Waals surface area contributed by atoms with Gasteiger partial charge in [0, 0.05) is 5.92 Å². The van der Waals surface area contributed by atoms with Crippen LogP contribution in [0.3, 0.4) is 0 Å². The minimum atomic E-state index is -0.345. The Morgan fingerprint density at radius 3 is 2.48 bits per heavy atom. The van der Waals surface area contributed by atoms with E-state index in [0.717, 1.165) is 16.7 Å². The predicted octanol–water partition coefficient (Wildman–Crippen LogP) is 3.24. The van der Waals surface area contributed by atoms with Crippen LogP contribution in [0, 0.1) is 13.8 Å². The normalized spacial score (nSPS) is 12.0. The fraction of sp³-hybridized carbons (Fsp3) is 0.278. The minimum absolute atomic E-state index is 0.0514. The van der Waals surface area contributed by atoms with Gasteiger partial charge in [-0.05, 0) is 31.0 Å². The van der Waals surface area contributed by atoms with Crippen molar-refractivity contribution in [1.29, 1.82) is 0 Å². The second kappa shape index (κ2) is 7.04. The maximum Gasteiger partial charge on any atom is 0.338 e. The lowest BCUT2D eigenvalue weighted by Crippen LogP contribution is -2.16. The topological polar surface area (TPSA) is 46.5 Å². The first kappa shape index (κ1) is 15.3. The van der Waals surface area contributed by atoms with Gasteiger partial charge in [-0.3, -0.25) is 0 Å². The number of rotatable bonds is 5. The van der Waals surface area contributed by atoms with Crippen molar-refractivity contribution >= 4 is 5.97 Å². The molecule has 0 bridgehead atoms. The zero-order valence-electron chi connectivity index (χ0n) is 12.4. The quantitative estimate of drug-likeness (QED) is 0.857. The summed E-state index contributed by atoms with van der Waals surface area (Å²) in [6.45, 7) is 4.00. The van der Waals surface area contributed by atoms with Gasteiger partial charge >= 0.3 is 5.97 Å². The molecule has 0 saturated carbocycles. The number of carbonyl (C=O) groups excluding carboxylic acids is 1. The van der Waals surface area contributed by atoms with Gasteiger partial charge in [-0.25, -0.2) is 4.79 Å². The molecule has 0 spiro atoms. The molecular formula is C18H20O3. The predicted molar refractivity (Wildman–Crippen MR) is 82.5 cm³/mol. The average Bonchev–Trinajstić information content (AvgIpc) is 2.48. The van der Waals surface area contributed by atoms with Crippen LogP contribution in [0.25, 0.3) is 0 Å². The van der Waals surface area contributed by atoms with E-state index in [1.165, 1.54) is 0 Å². The van der Waals surface area contributed by atoms with Gasteiger partial charge in [0.2, 0.25) is 0 Å². The van der Waals surface area contributed by atoms with Crippen molar-refractivity contribution in [1.82, 2.24) is 0 Å². The van der Waals surface area contributed by atoms with Crippen LogP contribution in [0.4, 0.5) is 0 Å². The summed E-state index contributed by atoms with van der Waals surface area (Å²) in [4.78, 5) is 12.1. The fourth-order valence-electron chi connectivity index (χ4n) is 2.28. The molecule has 0 fully saturated rings. The van der Waals surface area contributed by atoms with Crippen molar-refractivity contribution < 1.29 is 14.6 Å². The third-order valence-electron chi connectivity index (χ3n) is 3.51. The lowest BCUT2D eigenvalue weighted by molar-refractivity contribution is 0.0450. The Labute approximate surface area is 125 Å². The fourth-order valence-corrected chi connectivity index (χ4v) is 2.28. The number of aliphatic hydroxyl groups excluding tert-OH is 1. The molecule has 1 N–H and O–H groups in total. The van der Waals surface area contributed by atoms with Crippen molar-refractivity contribution in [2.24, 2.45) is 0 Å². The van der Waals surface area contributed by atoms with E-state index in [0.29, 0.717) is 5.56 Å². The van der Waals surface area contributed by atoms with Crippen LogP contribution < -0.4 is 0 Å². The van der Waals surface area contributed by atoms with Crippen LogP contribution in [0.2, 0.25) is 0 Å². The Hall–Kier alpha value is -2.13. The summed E-state index contributed by atoms with van der Waals surface area (Å²) < 4.78 is 5.36. The molecule has 3 nitrogen and oxygen atoms in total. The van der Waals surface area contributed by atoms with Gasteiger partial charge in [0.1, 0.15) is 6.61 Å². The third kappa shape index (κ3) is 3.92. The molecule has 0 radical (unpaired) electrons. The van der Waals surface area contributed by atoms with E-state index in [4.69, 9.17) is 4.74 Å². The third-order valence-corrected chi connectivity index (χ3v) is 3.51. The monoisotopic (exact) mass is 284 g/mol. The van der Waals surface area contributed by atoms with E-state index < -0.39 is 0 Å². The maximum absolute atomic E-state index is 12.1. The van der Waals surface area contributed by atoms with Crippen LogP contribution in [-0.2, 0) is 4.74 Å². The molecular weight excluding hydrogens is 264 g/mol. The Bertz CT molecular complexity index is 605. The number of carbonyl (C=O) groups is 1. The highest BCUT2D eigenvalue weighted by Crippen LogP contribution is 2.17. The van der Waals surface area contributed by atoms with Gasteiger partial charge in [-0.15, -0.1) is 0 Å². The van der Waals surface area contributed by atoms with E-state index in [9.17, 15) is 9.90 Å². The standard InChI is InChI=1S/C18H20O3/c1-13-8-9-17(14(2)10-13)18(20)21-12-16(11-19)15-6-4-3-5-7-15/h3-10,16,19H,11-12H2,1-2H3. The molecule has 0 aliphatic heterocycles. The zero-order chi connectivity index (χ0) is 15.2. The van der Waals surface area contributed by atoms with Gasteiger partial charge in [0.15, 0.2) is 0 Å². The first-order valence-electron chi connectivity index (χ1n) is 7.02. The highest BCUT2D eigenvalue weighted by molar-refractivity contribution is 5.91. The first-order valence-corrected chi connectivity index (χ1v) is 7.02. The Morgan fingerprint density at radius 2 is 1.86 bits per heavy atom. The number of aliphatic hydroxyl groups is 1. The summed E-state index contributed by atoms with van der Waals surface area (Å²) in [5.41, 5.74) is 3.56. The molecule has 1 atom stereocenters. The number of esters is 1. The SMILES string of the molecule is Cc1ccc(C(=O)OCC(CO)c2ccccc2)c(C)c1. The molecule has 3 heteroatoms. The smallest absolute Gasteiger partial charge is 0.338 e. The number of hydrogen-bond acceptors (Lipinski definition) is 3. The van der Waals surface area contributed by atoms with Crippen LogP contribution >= 0.6 is 0 Å². The Kier molecular flexibility index (Phi) is 5.12. The van der Waals surface area contributed by atoms with Crippen molar-refractivity contribution in [2.75, 3.05) is 13.2 Å². The van der Waals surface area contributed by atoms with E-state index in [1.54, 1.807) is 6.07 Å². The molecule has 0 heterocycles. The highest BCUT2D eigenvalue weighted by atomic mass is 16.5. The number of benzene rings is 2. The largest absolute Gasteiger partial charge is 0.461 e. The van der Waals surface area contributed by atoms with E-state index in [-0.39, 0.29) is 25.1 Å². The molecule has 0 saturated heterocycles.